The van der Waals surface area contributed by atoms with Crippen LogP contribution in [0.15, 0.2) is 0 Å². The highest BCUT2D eigenvalue weighted by Gasteiger charge is 2.17. The van der Waals surface area contributed by atoms with Crippen molar-refractivity contribution >= 4 is 47.0 Å². The minimum absolute atomic E-state index is 0. The molecular weight excluding hydrogens is 232 g/mol. The predicted molar refractivity (Wildman–Crippen MR) is 59.8 cm³/mol. The van der Waals surface area contributed by atoms with Crippen molar-refractivity contribution in [2.24, 2.45) is 0 Å². The van der Waals surface area contributed by atoms with Gasteiger partial charge in [0.25, 0.3) is 0 Å². The van der Waals surface area contributed by atoms with Crippen molar-refractivity contribution in [3.8, 4) is 0 Å². The summed E-state index contributed by atoms with van der Waals surface area (Å²) >= 11 is 0. The summed E-state index contributed by atoms with van der Waals surface area (Å²) in [5.74, 6) is -1.85. The van der Waals surface area contributed by atoms with E-state index >= 15 is 0 Å². The summed E-state index contributed by atoms with van der Waals surface area (Å²) in [4.78, 5) is 20.6. The lowest BCUT2D eigenvalue weighted by molar-refractivity contribution is -0.137. The lowest BCUT2D eigenvalue weighted by Crippen LogP contribution is -2.14. The molecule has 0 rings (SSSR count). The van der Waals surface area contributed by atoms with Gasteiger partial charge in [-0.05, 0) is 13.8 Å². The summed E-state index contributed by atoms with van der Waals surface area (Å²) in [5, 5.41) is 15.8. The third-order valence-electron chi connectivity index (χ3n) is 1.04. The number of carboxylic acids is 2. The third-order valence-corrected chi connectivity index (χ3v) is 4.20. The molecule has 0 aromatic heterocycles. The van der Waals surface area contributed by atoms with Crippen LogP contribution >= 0.6 is 35.1 Å². The Morgan fingerprint density at radius 1 is 1.00 bits per heavy atom. The first-order valence-electron chi connectivity index (χ1n) is 3.23. The fraction of sp³-hybridized carbons (Fsp3) is 0.667. The van der Waals surface area contributed by atoms with Gasteiger partial charge in [0.1, 0.15) is 10.5 Å². The van der Waals surface area contributed by atoms with E-state index in [0.717, 1.165) is 21.6 Å². The summed E-state index contributed by atoms with van der Waals surface area (Å²) < 4.78 is 0. The Balaban J connectivity index is 0. The van der Waals surface area contributed by atoms with Crippen LogP contribution < -0.4 is 0 Å². The van der Waals surface area contributed by atoms with Gasteiger partial charge >= 0.3 is 11.9 Å². The van der Waals surface area contributed by atoms with Crippen molar-refractivity contribution in [3.63, 3.8) is 0 Å². The Morgan fingerprint density at radius 2 is 1.23 bits per heavy atom. The number of hydrogen-bond donors (Lipinski definition) is 2. The van der Waals surface area contributed by atoms with E-state index in [-0.39, 0.29) is 13.5 Å². The molecule has 0 aliphatic carbocycles. The van der Waals surface area contributed by atoms with E-state index in [0.29, 0.717) is 0 Å². The van der Waals surface area contributed by atoms with Crippen LogP contribution in [0.2, 0.25) is 0 Å². The molecule has 0 saturated heterocycles. The van der Waals surface area contributed by atoms with Crippen molar-refractivity contribution in [2.75, 3.05) is 0 Å². The number of hydrogen-bond acceptors (Lipinski definition) is 4. The van der Waals surface area contributed by atoms with Crippen molar-refractivity contribution in [2.45, 2.75) is 24.3 Å². The second-order valence-corrected chi connectivity index (χ2v) is 5.11. The zero-order valence-corrected chi connectivity index (χ0v) is 9.82. The molecule has 0 amide bonds. The van der Waals surface area contributed by atoms with Gasteiger partial charge in [-0.3, -0.25) is 9.59 Å². The van der Waals surface area contributed by atoms with Gasteiger partial charge in [0, 0.05) is 0 Å². The molecule has 0 bridgehead atoms. The quantitative estimate of drug-likeness (QED) is 0.713. The normalized spacial score (nSPS) is 14.0. The number of carboxylic acid groups (broad SMARTS) is 2. The Kier molecular flexibility index (Phi) is 8.80. The summed E-state index contributed by atoms with van der Waals surface area (Å²) in [6, 6.07) is 0. The zero-order valence-electron chi connectivity index (χ0n) is 7.18. The maximum atomic E-state index is 10.3. The molecule has 78 valence electrons. The van der Waals surface area contributed by atoms with Gasteiger partial charge in [-0.15, -0.1) is 0 Å². The minimum Gasteiger partial charge on any atom is -0.480 e. The molecule has 13 heavy (non-hydrogen) atoms. The summed E-state index contributed by atoms with van der Waals surface area (Å²) in [5.41, 5.74) is 0. The first kappa shape index (κ1) is 15.5. The number of rotatable bonds is 5. The average molecular weight is 244 g/mol. The van der Waals surface area contributed by atoms with Crippen LogP contribution in [0.5, 0.6) is 0 Å². The SMILES string of the molecule is CC(SSC(C)C(=O)O)C(=O)O.S. The van der Waals surface area contributed by atoms with Gasteiger partial charge in [-0.2, -0.15) is 13.5 Å². The highest BCUT2D eigenvalue weighted by Crippen LogP contribution is 2.30. The summed E-state index contributed by atoms with van der Waals surface area (Å²) in [7, 11) is 2.11. The highest BCUT2D eigenvalue weighted by atomic mass is 33.1. The number of aliphatic carboxylic acids is 2. The van der Waals surface area contributed by atoms with Crippen molar-refractivity contribution in [1.82, 2.24) is 0 Å². The molecular formula is C6H12O4S3. The van der Waals surface area contributed by atoms with Crippen LogP contribution in [0.1, 0.15) is 13.8 Å². The maximum absolute atomic E-state index is 10.3. The molecule has 0 spiro atoms. The molecule has 2 atom stereocenters. The molecule has 0 aromatic carbocycles. The number of carbonyl (C=O) groups is 2. The fourth-order valence-electron chi connectivity index (χ4n) is 0.249. The maximum Gasteiger partial charge on any atom is 0.317 e. The van der Waals surface area contributed by atoms with Crippen LogP contribution in [0.25, 0.3) is 0 Å². The lowest BCUT2D eigenvalue weighted by Gasteiger charge is -2.07. The van der Waals surface area contributed by atoms with Gasteiger partial charge in [-0.25, -0.2) is 0 Å². The predicted octanol–water partition coefficient (Wildman–Crippen LogP) is 1.43. The molecule has 0 heterocycles. The molecule has 4 nitrogen and oxygen atoms in total. The Labute approximate surface area is 91.3 Å². The Hall–Kier alpha value is -0.0100. The second-order valence-electron chi connectivity index (χ2n) is 2.15. The molecule has 0 aliphatic rings. The van der Waals surface area contributed by atoms with E-state index in [1.54, 1.807) is 0 Å². The molecule has 7 heteroatoms. The van der Waals surface area contributed by atoms with E-state index in [1.807, 2.05) is 0 Å². The zero-order chi connectivity index (χ0) is 9.72. The first-order chi connectivity index (χ1) is 5.45. The van der Waals surface area contributed by atoms with Crippen LogP contribution in [-0.4, -0.2) is 32.7 Å². The van der Waals surface area contributed by atoms with Crippen LogP contribution in [0, 0.1) is 0 Å². The Morgan fingerprint density at radius 3 is 1.38 bits per heavy atom. The molecule has 2 N–H and O–H groups in total. The smallest absolute Gasteiger partial charge is 0.317 e. The first-order valence-corrected chi connectivity index (χ1v) is 5.50. The van der Waals surface area contributed by atoms with Crippen LogP contribution in [-0.2, 0) is 9.59 Å². The van der Waals surface area contributed by atoms with Crippen LogP contribution in [0.4, 0.5) is 0 Å². The molecule has 0 aliphatic heterocycles. The van der Waals surface area contributed by atoms with Crippen molar-refractivity contribution in [1.29, 1.82) is 0 Å². The Bertz CT molecular complexity index is 165. The molecule has 0 fully saturated rings. The topological polar surface area (TPSA) is 74.6 Å². The fourth-order valence-corrected chi connectivity index (χ4v) is 2.24. The van der Waals surface area contributed by atoms with Gasteiger partial charge in [0.05, 0.1) is 0 Å². The van der Waals surface area contributed by atoms with Crippen molar-refractivity contribution in [3.05, 3.63) is 0 Å². The standard InChI is InChI=1S/C6H10O4S2.H2S/c1-3(5(7)8)11-12-4(2)6(9)10;/h3-4H,1-2H3,(H,7,8)(H,9,10);1H2. The van der Waals surface area contributed by atoms with Crippen LogP contribution in [0.3, 0.4) is 0 Å². The van der Waals surface area contributed by atoms with E-state index in [1.165, 1.54) is 13.8 Å². The highest BCUT2D eigenvalue weighted by molar-refractivity contribution is 8.77. The lowest BCUT2D eigenvalue weighted by atomic mass is 10.5. The molecule has 0 radical (unpaired) electrons. The van der Waals surface area contributed by atoms with Gasteiger partial charge in [0.15, 0.2) is 0 Å². The van der Waals surface area contributed by atoms with E-state index in [4.69, 9.17) is 10.2 Å². The second kappa shape index (κ2) is 7.40. The minimum atomic E-state index is -0.926. The third kappa shape index (κ3) is 7.09. The van der Waals surface area contributed by atoms with E-state index in [9.17, 15) is 9.59 Å². The molecule has 0 saturated carbocycles. The van der Waals surface area contributed by atoms with Gasteiger partial charge in [0.2, 0.25) is 0 Å². The molecule has 2 unspecified atom stereocenters. The van der Waals surface area contributed by atoms with Gasteiger partial charge in [-0.1, -0.05) is 21.6 Å². The largest absolute Gasteiger partial charge is 0.480 e. The van der Waals surface area contributed by atoms with Gasteiger partial charge < -0.3 is 10.2 Å². The summed E-state index contributed by atoms with van der Waals surface area (Å²) in [6.07, 6.45) is 0. The van der Waals surface area contributed by atoms with E-state index in [2.05, 4.69) is 0 Å². The van der Waals surface area contributed by atoms with Crippen molar-refractivity contribution < 1.29 is 19.8 Å². The van der Waals surface area contributed by atoms with E-state index < -0.39 is 22.4 Å². The average Bonchev–Trinajstić information content (AvgIpc) is 1.98. The monoisotopic (exact) mass is 244 g/mol. The summed E-state index contributed by atoms with van der Waals surface area (Å²) in [6.45, 7) is 3.04. The molecule has 0 aromatic rings.